The number of allylic oxidation sites excluding steroid dienone is 1. The van der Waals surface area contributed by atoms with Crippen LogP contribution >= 0.6 is 0 Å². The summed E-state index contributed by atoms with van der Waals surface area (Å²) in [4.78, 5) is 25.2. The Kier molecular flexibility index (Phi) is 10.8. The summed E-state index contributed by atoms with van der Waals surface area (Å²) >= 11 is 0. The molecule has 0 spiro atoms. The molecule has 10 heteroatoms. The van der Waals surface area contributed by atoms with E-state index in [0.717, 1.165) is 22.3 Å². The molecule has 0 fully saturated rings. The van der Waals surface area contributed by atoms with Gasteiger partial charge in [-0.3, -0.25) is 9.51 Å². The van der Waals surface area contributed by atoms with Gasteiger partial charge in [0.2, 0.25) is 0 Å². The normalized spacial score (nSPS) is 11.8. The van der Waals surface area contributed by atoms with Gasteiger partial charge in [-0.15, -0.1) is 0 Å². The smallest absolute Gasteiger partial charge is 0.439 e. The van der Waals surface area contributed by atoms with Gasteiger partial charge in [-0.05, 0) is 96.0 Å². The molecular formula is C41H34F2N2O6. The zero-order valence-electron chi connectivity index (χ0n) is 27.6. The van der Waals surface area contributed by atoms with E-state index in [1.807, 2.05) is 66.7 Å². The monoisotopic (exact) mass is 688 g/mol. The highest BCUT2D eigenvalue weighted by atomic mass is 19.1. The van der Waals surface area contributed by atoms with Crippen molar-refractivity contribution >= 4 is 12.0 Å². The van der Waals surface area contributed by atoms with Crippen molar-refractivity contribution in [1.29, 1.82) is 0 Å². The van der Waals surface area contributed by atoms with Crippen LogP contribution in [0.15, 0.2) is 125 Å². The average molecular weight is 689 g/mol. The minimum atomic E-state index is -0.997. The number of hydrogen-bond donors (Lipinski definition) is 2. The van der Waals surface area contributed by atoms with Crippen LogP contribution in [0, 0.1) is 17.6 Å². The van der Waals surface area contributed by atoms with E-state index >= 15 is 4.39 Å². The van der Waals surface area contributed by atoms with Crippen LogP contribution in [0.5, 0.6) is 11.5 Å². The van der Waals surface area contributed by atoms with Gasteiger partial charge in [0.15, 0.2) is 5.82 Å². The number of benzene rings is 5. The van der Waals surface area contributed by atoms with Crippen molar-refractivity contribution in [2.45, 2.75) is 25.9 Å². The average Bonchev–Trinajstić information content (AvgIpc) is 3.59. The highest BCUT2D eigenvalue weighted by Crippen LogP contribution is 2.28. The Morgan fingerprint density at radius 2 is 1.59 bits per heavy atom. The molecule has 1 aromatic heterocycles. The Morgan fingerprint density at radius 3 is 2.25 bits per heavy atom. The summed E-state index contributed by atoms with van der Waals surface area (Å²) in [7, 11) is 1.59. The minimum Gasteiger partial charge on any atom is -0.497 e. The Balaban J connectivity index is 1.18. The van der Waals surface area contributed by atoms with Crippen LogP contribution < -0.4 is 15.2 Å². The molecule has 0 aliphatic heterocycles. The van der Waals surface area contributed by atoms with Crippen molar-refractivity contribution in [3.05, 3.63) is 165 Å². The molecule has 0 saturated heterocycles. The molecule has 0 radical (unpaired) electrons. The van der Waals surface area contributed by atoms with E-state index in [2.05, 4.69) is 14.7 Å². The van der Waals surface area contributed by atoms with Crippen LogP contribution in [0.3, 0.4) is 0 Å². The molecule has 0 aliphatic carbocycles. The maximum absolute atomic E-state index is 15.2. The van der Waals surface area contributed by atoms with E-state index in [1.165, 1.54) is 24.3 Å². The van der Waals surface area contributed by atoms with Crippen molar-refractivity contribution in [2.24, 2.45) is 5.92 Å². The van der Waals surface area contributed by atoms with Gasteiger partial charge in [0.05, 0.1) is 12.7 Å². The first kappa shape index (κ1) is 34.6. The van der Waals surface area contributed by atoms with Gasteiger partial charge < -0.3 is 14.6 Å². The van der Waals surface area contributed by atoms with Gasteiger partial charge in [-0.2, -0.15) is 0 Å². The molecule has 1 heterocycles. The van der Waals surface area contributed by atoms with Crippen LogP contribution in [0.1, 0.15) is 39.0 Å². The minimum absolute atomic E-state index is 0.0219. The van der Waals surface area contributed by atoms with Crippen molar-refractivity contribution in [1.82, 2.24) is 10.1 Å². The fraction of sp³-hybridized carbons (Fsp3) is 0.146. The third-order valence-corrected chi connectivity index (χ3v) is 8.55. The number of rotatable bonds is 14. The number of H-pyrrole nitrogens is 1. The molecule has 258 valence electrons. The lowest BCUT2D eigenvalue weighted by Crippen LogP contribution is -2.05. The van der Waals surface area contributed by atoms with Crippen LogP contribution in [-0.4, -0.2) is 28.3 Å². The number of carboxylic acids is 1. The number of hydrogen-bond acceptors (Lipinski definition) is 6. The number of ether oxygens (including phenoxy) is 2. The predicted molar refractivity (Wildman–Crippen MR) is 190 cm³/mol. The summed E-state index contributed by atoms with van der Waals surface area (Å²) < 4.78 is 45.5. The first-order chi connectivity index (χ1) is 24.7. The number of aromatic amines is 1. The zero-order chi connectivity index (χ0) is 35.7. The van der Waals surface area contributed by atoms with Gasteiger partial charge in [0, 0.05) is 16.7 Å². The summed E-state index contributed by atoms with van der Waals surface area (Å²) in [6.07, 6.45) is 5.82. The van der Waals surface area contributed by atoms with Gasteiger partial charge in [-0.1, -0.05) is 78.0 Å². The number of aromatic carboxylic acids is 1. The van der Waals surface area contributed by atoms with E-state index in [1.54, 1.807) is 37.4 Å². The number of nitrogens with one attached hydrogen (secondary N) is 1. The zero-order valence-corrected chi connectivity index (χ0v) is 27.6. The number of aromatic nitrogens is 2. The number of carboxylic acid groups (broad SMARTS) is 1. The molecule has 1 unspecified atom stereocenters. The maximum atomic E-state index is 15.2. The summed E-state index contributed by atoms with van der Waals surface area (Å²) in [5.41, 5.74) is 5.34. The molecule has 6 aromatic rings. The third-order valence-electron chi connectivity index (χ3n) is 8.55. The predicted octanol–water partition coefficient (Wildman–Crippen LogP) is 8.77. The fourth-order valence-corrected chi connectivity index (χ4v) is 5.69. The summed E-state index contributed by atoms with van der Waals surface area (Å²) in [6.45, 7) is -0.0568. The third kappa shape index (κ3) is 9.04. The van der Waals surface area contributed by atoms with Crippen LogP contribution in [0.2, 0.25) is 0 Å². The van der Waals surface area contributed by atoms with Gasteiger partial charge in [0.25, 0.3) is 0 Å². The van der Waals surface area contributed by atoms with E-state index in [-0.39, 0.29) is 18.1 Å². The highest BCUT2D eigenvalue weighted by molar-refractivity contribution is 5.87. The Hall–Kier alpha value is -6.29. The number of aryl methyl sites for hydroxylation is 1. The SMILES string of the molecule is COc1ccc(-c2ccc(COc3ccc(F)cc3C=CC(CCc3ccc(-c4noc(=O)[nH]4)cc3)Cc3ccc(C(=O)O)cc3)c(F)c2)cc1. The van der Waals surface area contributed by atoms with Crippen LogP contribution in [0.4, 0.5) is 8.78 Å². The number of halogens is 2. The summed E-state index contributed by atoms with van der Waals surface area (Å²) in [5, 5.41) is 13.0. The first-order valence-electron chi connectivity index (χ1n) is 16.2. The van der Waals surface area contributed by atoms with Gasteiger partial charge >= 0.3 is 11.7 Å². The van der Waals surface area contributed by atoms with E-state index in [9.17, 15) is 19.1 Å². The first-order valence-corrected chi connectivity index (χ1v) is 16.2. The molecule has 2 N–H and O–H groups in total. The molecule has 51 heavy (non-hydrogen) atoms. The standard InChI is InChI=1S/C41H34F2N2O6/c1-49-36-19-16-29(17-20-36)32-14-15-34(37(43)24-32)25-50-38-21-18-35(42)23-33(38)13-8-27(22-28-6-11-31(12-7-28)40(46)47)3-2-26-4-9-30(10-5-26)39-44-41(48)51-45-39/h4-21,23-24,27H,2-3,22,25H2,1H3,(H,46,47)(H,44,45,48). The van der Waals surface area contributed by atoms with Gasteiger partial charge in [0.1, 0.15) is 29.7 Å². The number of methoxy groups -OCH3 is 1. The highest BCUT2D eigenvalue weighted by Gasteiger charge is 2.13. The molecule has 0 bridgehead atoms. The van der Waals surface area contributed by atoms with Crippen molar-refractivity contribution in [3.8, 4) is 34.0 Å². The summed E-state index contributed by atoms with van der Waals surface area (Å²) in [5.74, 6) is -1.04. The molecule has 1 atom stereocenters. The molecule has 0 amide bonds. The lowest BCUT2D eigenvalue weighted by molar-refractivity contribution is 0.0697. The topological polar surface area (TPSA) is 115 Å². The lowest BCUT2D eigenvalue weighted by atomic mass is 9.91. The molecule has 0 aliphatic rings. The quantitative estimate of drug-likeness (QED) is 0.118. The Morgan fingerprint density at radius 1 is 0.882 bits per heavy atom. The van der Waals surface area contributed by atoms with Gasteiger partial charge in [-0.25, -0.2) is 18.4 Å². The Bertz CT molecular complexity index is 2190. The molecular weight excluding hydrogens is 654 g/mol. The lowest BCUT2D eigenvalue weighted by Gasteiger charge is -2.15. The van der Waals surface area contributed by atoms with E-state index in [4.69, 9.17) is 9.47 Å². The Labute approximate surface area is 292 Å². The van der Waals surface area contributed by atoms with Crippen molar-refractivity contribution < 1.29 is 32.7 Å². The maximum Gasteiger partial charge on any atom is 0.439 e. The second kappa shape index (κ2) is 15.9. The van der Waals surface area contributed by atoms with Crippen LogP contribution in [0.25, 0.3) is 28.6 Å². The van der Waals surface area contributed by atoms with Crippen molar-refractivity contribution in [2.75, 3.05) is 7.11 Å². The molecule has 6 rings (SSSR count). The molecule has 8 nitrogen and oxygen atoms in total. The summed E-state index contributed by atoms with van der Waals surface area (Å²) in [6, 6.07) is 30.9. The number of nitrogens with zero attached hydrogens (tertiary/aromatic N) is 1. The molecule has 0 saturated carbocycles. The second-order valence-corrected chi connectivity index (χ2v) is 12.0. The van der Waals surface area contributed by atoms with E-state index < -0.39 is 23.4 Å². The largest absolute Gasteiger partial charge is 0.497 e. The molecule has 5 aromatic carbocycles. The number of carbonyl (C=O) groups is 1. The van der Waals surface area contributed by atoms with Crippen LogP contribution in [-0.2, 0) is 19.4 Å². The fourth-order valence-electron chi connectivity index (χ4n) is 5.69. The van der Waals surface area contributed by atoms with Crippen molar-refractivity contribution in [3.63, 3.8) is 0 Å². The van der Waals surface area contributed by atoms with E-state index in [0.29, 0.717) is 53.3 Å². The second-order valence-electron chi connectivity index (χ2n) is 12.0.